The number of methoxy groups -OCH3 is 1. The molecular weight excluding hydrogens is 232 g/mol. The van der Waals surface area contributed by atoms with E-state index in [1.54, 1.807) is 6.92 Å². The first-order valence-corrected chi connectivity index (χ1v) is 5.71. The van der Waals surface area contributed by atoms with Crippen LogP contribution in [0.3, 0.4) is 0 Å². The quantitative estimate of drug-likeness (QED) is 0.730. The van der Waals surface area contributed by atoms with Gasteiger partial charge in [0.2, 0.25) is 5.91 Å². The molecule has 5 nitrogen and oxygen atoms in total. The molecule has 0 aliphatic rings. The molecule has 0 unspecified atom stereocenters. The molecule has 1 aromatic rings. The molecule has 5 heteroatoms. The first kappa shape index (κ1) is 14.2. The zero-order valence-corrected chi connectivity index (χ0v) is 10.6. The number of hydrogen-bond donors (Lipinski definition) is 2. The zero-order chi connectivity index (χ0) is 13.5. The smallest absolute Gasteiger partial charge is 0.307 e. The van der Waals surface area contributed by atoms with E-state index < -0.39 is 11.9 Å². The number of benzene rings is 1. The standard InChI is InChI=1S/C13H18N2O3/c1-9(8-11(16)18-2)15-12(13(14)17)10-6-4-3-5-7-10/h3-7,9,12,15H,8H2,1-2H3,(H2,14,17)/t9-,12+/m1/s1. The van der Waals surface area contributed by atoms with Crippen LogP contribution in [0.5, 0.6) is 0 Å². The highest BCUT2D eigenvalue weighted by Gasteiger charge is 2.20. The summed E-state index contributed by atoms with van der Waals surface area (Å²) in [6, 6.07) is 8.34. The van der Waals surface area contributed by atoms with E-state index in [2.05, 4.69) is 10.1 Å². The van der Waals surface area contributed by atoms with Crippen LogP contribution in [0.15, 0.2) is 30.3 Å². The summed E-state index contributed by atoms with van der Waals surface area (Å²) in [5, 5.41) is 3.02. The Balaban J connectivity index is 2.70. The van der Waals surface area contributed by atoms with E-state index in [0.29, 0.717) is 0 Å². The molecule has 0 aromatic heterocycles. The van der Waals surface area contributed by atoms with E-state index in [4.69, 9.17) is 5.73 Å². The lowest BCUT2D eigenvalue weighted by molar-refractivity contribution is -0.141. The largest absolute Gasteiger partial charge is 0.469 e. The van der Waals surface area contributed by atoms with Crippen molar-refractivity contribution < 1.29 is 14.3 Å². The van der Waals surface area contributed by atoms with Crippen molar-refractivity contribution in [1.82, 2.24) is 5.32 Å². The maximum Gasteiger partial charge on any atom is 0.307 e. The fraction of sp³-hybridized carbons (Fsp3) is 0.385. The molecule has 2 atom stereocenters. The number of amides is 1. The minimum atomic E-state index is -0.606. The summed E-state index contributed by atoms with van der Waals surface area (Å²) in [6.07, 6.45) is 0.188. The number of carbonyl (C=O) groups excluding carboxylic acids is 2. The Labute approximate surface area is 106 Å². The van der Waals surface area contributed by atoms with Crippen molar-refractivity contribution in [3.63, 3.8) is 0 Å². The fourth-order valence-corrected chi connectivity index (χ4v) is 1.66. The van der Waals surface area contributed by atoms with Crippen molar-refractivity contribution in [1.29, 1.82) is 0 Å². The maximum atomic E-state index is 11.4. The SMILES string of the molecule is COC(=O)C[C@@H](C)N[C@H](C(N)=O)c1ccccc1. The fourth-order valence-electron chi connectivity index (χ4n) is 1.66. The topological polar surface area (TPSA) is 81.4 Å². The predicted octanol–water partition coefficient (Wildman–Crippen LogP) is 0.754. The van der Waals surface area contributed by atoms with Gasteiger partial charge < -0.3 is 10.5 Å². The predicted molar refractivity (Wildman–Crippen MR) is 67.6 cm³/mol. The lowest BCUT2D eigenvalue weighted by Gasteiger charge is -2.20. The average Bonchev–Trinajstić information content (AvgIpc) is 2.36. The summed E-state index contributed by atoms with van der Waals surface area (Å²) in [5.41, 5.74) is 6.14. The molecular formula is C13H18N2O3. The number of carbonyl (C=O) groups is 2. The second kappa shape index (κ2) is 6.76. The van der Waals surface area contributed by atoms with Crippen LogP contribution in [0, 0.1) is 0 Å². The van der Waals surface area contributed by atoms with Gasteiger partial charge in [0.05, 0.1) is 13.5 Å². The average molecular weight is 250 g/mol. The Morgan fingerprint density at radius 2 is 1.94 bits per heavy atom. The third-order valence-corrected chi connectivity index (χ3v) is 2.57. The van der Waals surface area contributed by atoms with E-state index in [1.807, 2.05) is 30.3 Å². The van der Waals surface area contributed by atoms with Crippen molar-refractivity contribution in [2.24, 2.45) is 5.73 Å². The molecule has 1 amide bonds. The molecule has 3 N–H and O–H groups in total. The Hall–Kier alpha value is -1.88. The first-order valence-electron chi connectivity index (χ1n) is 5.71. The van der Waals surface area contributed by atoms with Crippen LogP contribution < -0.4 is 11.1 Å². The lowest BCUT2D eigenvalue weighted by atomic mass is 10.0. The van der Waals surface area contributed by atoms with Crippen LogP contribution in [-0.2, 0) is 14.3 Å². The van der Waals surface area contributed by atoms with E-state index in [-0.39, 0.29) is 18.4 Å². The second-order valence-corrected chi connectivity index (χ2v) is 4.09. The molecule has 0 aliphatic heterocycles. The molecule has 1 rings (SSSR count). The Morgan fingerprint density at radius 3 is 2.44 bits per heavy atom. The molecule has 0 heterocycles. The van der Waals surface area contributed by atoms with Gasteiger partial charge in [-0.25, -0.2) is 0 Å². The van der Waals surface area contributed by atoms with Crippen LogP contribution in [-0.4, -0.2) is 25.0 Å². The van der Waals surface area contributed by atoms with Crippen LogP contribution in [0.2, 0.25) is 0 Å². The summed E-state index contributed by atoms with van der Waals surface area (Å²) in [6.45, 7) is 1.80. The van der Waals surface area contributed by atoms with Gasteiger partial charge >= 0.3 is 5.97 Å². The molecule has 0 spiro atoms. The van der Waals surface area contributed by atoms with E-state index in [9.17, 15) is 9.59 Å². The zero-order valence-electron chi connectivity index (χ0n) is 10.6. The highest BCUT2D eigenvalue weighted by atomic mass is 16.5. The lowest BCUT2D eigenvalue weighted by Crippen LogP contribution is -2.39. The van der Waals surface area contributed by atoms with E-state index in [1.165, 1.54) is 7.11 Å². The van der Waals surface area contributed by atoms with Gasteiger partial charge in [0.15, 0.2) is 0 Å². The van der Waals surface area contributed by atoms with Crippen LogP contribution in [0.25, 0.3) is 0 Å². The van der Waals surface area contributed by atoms with Crippen LogP contribution in [0.1, 0.15) is 24.9 Å². The van der Waals surface area contributed by atoms with Gasteiger partial charge in [-0.2, -0.15) is 0 Å². The normalized spacial score (nSPS) is 13.7. The number of nitrogens with one attached hydrogen (secondary N) is 1. The summed E-state index contributed by atoms with van der Waals surface area (Å²) in [4.78, 5) is 22.6. The van der Waals surface area contributed by atoms with Crippen LogP contribution in [0.4, 0.5) is 0 Å². The van der Waals surface area contributed by atoms with E-state index >= 15 is 0 Å². The first-order chi connectivity index (χ1) is 8.54. The molecule has 18 heavy (non-hydrogen) atoms. The molecule has 98 valence electrons. The highest BCUT2D eigenvalue weighted by molar-refractivity contribution is 5.81. The summed E-state index contributed by atoms with van der Waals surface area (Å²) in [7, 11) is 1.33. The number of rotatable bonds is 6. The molecule has 0 aliphatic carbocycles. The van der Waals surface area contributed by atoms with Crippen molar-refractivity contribution in [2.75, 3.05) is 7.11 Å². The molecule has 0 fully saturated rings. The van der Waals surface area contributed by atoms with E-state index in [0.717, 1.165) is 5.56 Å². The number of ether oxygens (including phenoxy) is 1. The molecule has 0 saturated carbocycles. The van der Waals surface area contributed by atoms with Gasteiger partial charge in [0.1, 0.15) is 6.04 Å². The number of hydrogen-bond acceptors (Lipinski definition) is 4. The van der Waals surface area contributed by atoms with Crippen molar-refractivity contribution in [3.8, 4) is 0 Å². The van der Waals surface area contributed by atoms with Crippen LogP contribution >= 0.6 is 0 Å². The minimum absolute atomic E-state index is 0.188. The number of esters is 1. The molecule has 0 saturated heterocycles. The second-order valence-electron chi connectivity index (χ2n) is 4.09. The third-order valence-electron chi connectivity index (χ3n) is 2.57. The highest BCUT2D eigenvalue weighted by Crippen LogP contribution is 2.13. The minimum Gasteiger partial charge on any atom is -0.469 e. The monoisotopic (exact) mass is 250 g/mol. The Morgan fingerprint density at radius 1 is 1.33 bits per heavy atom. The van der Waals surface area contributed by atoms with Gasteiger partial charge in [-0.1, -0.05) is 30.3 Å². The number of nitrogens with two attached hydrogens (primary N) is 1. The van der Waals surface area contributed by atoms with Gasteiger partial charge in [-0.05, 0) is 12.5 Å². The van der Waals surface area contributed by atoms with Gasteiger partial charge in [0.25, 0.3) is 0 Å². The van der Waals surface area contributed by atoms with Gasteiger partial charge in [-0.3, -0.25) is 14.9 Å². The molecule has 1 aromatic carbocycles. The third kappa shape index (κ3) is 4.18. The number of primary amides is 1. The Kier molecular flexibility index (Phi) is 5.32. The van der Waals surface area contributed by atoms with Crippen molar-refractivity contribution in [2.45, 2.75) is 25.4 Å². The van der Waals surface area contributed by atoms with Crippen molar-refractivity contribution >= 4 is 11.9 Å². The maximum absolute atomic E-state index is 11.4. The summed E-state index contributed by atoms with van der Waals surface area (Å²) >= 11 is 0. The van der Waals surface area contributed by atoms with Gasteiger partial charge in [-0.15, -0.1) is 0 Å². The molecule has 0 radical (unpaired) electrons. The van der Waals surface area contributed by atoms with Crippen molar-refractivity contribution in [3.05, 3.63) is 35.9 Å². The summed E-state index contributed by atoms with van der Waals surface area (Å²) < 4.78 is 4.57. The Bertz CT molecular complexity index is 406. The molecule has 0 bridgehead atoms. The van der Waals surface area contributed by atoms with Gasteiger partial charge in [0, 0.05) is 6.04 Å². The summed E-state index contributed by atoms with van der Waals surface area (Å²) in [5.74, 6) is -0.802.